The highest BCUT2D eigenvalue weighted by molar-refractivity contribution is 5.87. The zero-order chi connectivity index (χ0) is 21.7. The largest absolute Gasteiger partial charge is 0.360 e. The van der Waals surface area contributed by atoms with Gasteiger partial charge in [-0.25, -0.2) is 0 Å². The van der Waals surface area contributed by atoms with Crippen molar-refractivity contribution < 1.29 is 9.59 Å². The molecule has 0 aliphatic carbocycles. The Bertz CT molecular complexity index is 656. The van der Waals surface area contributed by atoms with E-state index in [1.807, 2.05) is 52.0 Å². The Balaban J connectivity index is 2.15. The van der Waals surface area contributed by atoms with Crippen LogP contribution in [0.15, 0.2) is 24.3 Å². The minimum Gasteiger partial charge on any atom is -0.360 e. The highest BCUT2D eigenvalue weighted by atomic mass is 16.2. The summed E-state index contributed by atoms with van der Waals surface area (Å²) in [6.07, 6.45) is 2.65. The number of amides is 2. The van der Waals surface area contributed by atoms with Gasteiger partial charge in [-0.05, 0) is 59.1 Å². The van der Waals surface area contributed by atoms with Gasteiger partial charge in [0.25, 0.3) is 0 Å². The number of para-hydroxylation sites is 2. The van der Waals surface area contributed by atoms with Crippen molar-refractivity contribution in [3.05, 3.63) is 24.3 Å². The minimum atomic E-state index is -0.210. The lowest BCUT2D eigenvalue weighted by Gasteiger charge is -2.30. The average molecular weight is 403 g/mol. The van der Waals surface area contributed by atoms with Crippen LogP contribution in [0.4, 0.5) is 11.4 Å². The van der Waals surface area contributed by atoms with E-state index in [1.54, 1.807) is 0 Å². The normalized spacial score (nSPS) is 14.8. The number of hydrogen-bond donors (Lipinski definition) is 2. The van der Waals surface area contributed by atoms with Gasteiger partial charge in [0.2, 0.25) is 11.8 Å². The zero-order valence-corrected chi connectivity index (χ0v) is 19.0. The van der Waals surface area contributed by atoms with Crippen LogP contribution < -0.4 is 20.4 Å². The lowest BCUT2D eigenvalue weighted by Crippen LogP contribution is -2.47. The van der Waals surface area contributed by atoms with Crippen molar-refractivity contribution >= 4 is 23.2 Å². The summed E-state index contributed by atoms with van der Waals surface area (Å²) in [4.78, 5) is 29.5. The third-order valence-electron chi connectivity index (χ3n) is 5.81. The van der Waals surface area contributed by atoms with Crippen molar-refractivity contribution in [3.63, 3.8) is 0 Å². The highest BCUT2D eigenvalue weighted by Crippen LogP contribution is 2.32. The Morgan fingerprint density at radius 1 is 0.828 bits per heavy atom. The van der Waals surface area contributed by atoms with Crippen LogP contribution in [0, 0.1) is 0 Å². The molecule has 2 N–H and O–H groups in total. The number of carbonyl (C=O) groups is 2. The third-order valence-corrected chi connectivity index (χ3v) is 5.81. The second kappa shape index (κ2) is 9.51. The molecule has 1 heterocycles. The quantitative estimate of drug-likeness (QED) is 0.700. The number of nitrogens with zero attached hydrogens (tertiary/aromatic N) is 2. The smallest absolute Gasteiger partial charge is 0.239 e. The fourth-order valence-electron chi connectivity index (χ4n) is 3.38. The minimum absolute atomic E-state index is 0.0301. The molecule has 0 radical (unpaired) electrons. The molecular formula is C23H38N4O2. The van der Waals surface area contributed by atoms with E-state index < -0.39 is 0 Å². The second-order valence-electron chi connectivity index (χ2n) is 9.26. The van der Waals surface area contributed by atoms with Crippen LogP contribution in [-0.4, -0.2) is 49.1 Å². The predicted octanol–water partition coefficient (Wildman–Crippen LogP) is 3.31. The number of benzene rings is 1. The summed E-state index contributed by atoms with van der Waals surface area (Å²) in [5.41, 5.74) is 1.60. The van der Waals surface area contributed by atoms with E-state index in [-0.39, 0.29) is 22.9 Å². The highest BCUT2D eigenvalue weighted by Gasteiger charge is 2.26. The standard InChI is InChI=1S/C23H38N4O2/c1-7-22(3,4)24-20(28)16-26-14-11-15-27(19-13-10-9-12-18(19)26)17-21(29)25-23(5,6)8-2/h9-10,12-13H,7-8,11,14-17H2,1-6H3,(H,24,28)(H,25,29). The van der Waals surface area contributed by atoms with Crippen molar-refractivity contribution in [2.24, 2.45) is 0 Å². The van der Waals surface area contributed by atoms with Crippen LogP contribution in [0.2, 0.25) is 0 Å². The van der Waals surface area contributed by atoms with E-state index >= 15 is 0 Å². The van der Waals surface area contributed by atoms with Crippen LogP contribution in [0.5, 0.6) is 0 Å². The van der Waals surface area contributed by atoms with Gasteiger partial charge in [0.05, 0.1) is 24.5 Å². The van der Waals surface area contributed by atoms with Crippen molar-refractivity contribution in [2.75, 3.05) is 36.0 Å². The summed E-state index contributed by atoms with van der Waals surface area (Å²) in [6, 6.07) is 8.06. The van der Waals surface area contributed by atoms with Gasteiger partial charge in [0.1, 0.15) is 0 Å². The zero-order valence-electron chi connectivity index (χ0n) is 19.0. The molecule has 0 spiro atoms. The van der Waals surface area contributed by atoms with Crippen LogP contribution in [-0.2, 0) is 9.59 Å². The Hall–Kier alpha value is -2.24. The molecule has 0 atom stereocenters. The maximum Gasteiger partial charge on any atom is 0.239 e. The van der Waals surface area contributed by atoms with Gasteiger partial charge in [-0.1, -0.05) is 26.0 Å². The summed E-state index contributed by atoms with van der Waals surface area (Å²) in [5, 5.41) is 6.24. The van der Waals surface area contributed by atoms with Crippen LogP contribution in [0.3, 0.4) is 0 Å². The van der Waals surface area contributed by atoms with Crippen LogP contribution in [0.25, 0.3) is 0 Å². The third kappa shape index (κ3) is 6.65. The van der Waals surface area contributed by atoms with Gasteiger partial charge in [0.15, 0.2) is 0 Å². The van der Waals surface area contributed by atoms with E-state index in [9.17, 15) is 9.59 Å². The van der Waals surface area contributed by atoms with Gasteiger partial charge >= 0.3 is 0 Å². The molecule has 1 aliphatic heterocycles. The molecule has 1 aromatic rings. The lowest BCUT2D eigenvalue weighted by molar-refractivity contribution is -0.122. The molecule has 1 aliphatic rings. The number of nitrogens with one attached hydrogen (secondary N) is 2. The summed E-state index contributed by atoms with van der Waals surface area (Å²) in [7, 11) is 0. The molecule has 29 heavy (non-hydrogen) atoms. The molecule has 1 aromatic carbocycles. The first-order valence-corrected chi connectivity index (χ1v) is 10.8. The van der Waals surface area contributed by atoms with Crippen molar-refractivity contribution in [2.45, 2.75) is 71.9 Å². The van der Waals surface area contributed by atoms with Crippen molar-refractivity contribution in [3.8, 4) is 0 Å². The van der Waals surface area contributed by atoms with E-state index in [2.05, 4.69) is 34.3 Å². The first kappa shape index (κ1) is 23.0. The molecule has 6 nitrogen and oxygen atoms in total. The van der Waals surface area contributed by atoms with Crippen molar-refractivity contribution in [1.82, 2.24) is 10.6 Å². The van der Waals surface area contributed by atoms with Gasteiger partial charge in [-0.2, -0.15) is 0 Å². The molecule has 0 fully saturated rings. The molecular weight excluding hydrogens is 364 g/mol. The Kier molecular flexibility index (Phi) is 7.55. The van der Waals surface area contributed by atoms with Crippen LogP contribution in [0.1, 0.15) is 60.8 Å². The summed E-state index contributed by atoms with van der Waals surface area (Å²) >= 11 is 0. The van der Waals surface area contributed by atoms with E-state index in [0.717, 1.165) is 43.7 Å². The molecule has 2 rings (SSSR count). The summed E-state index contributed by atoms with van der Waals surface area (Å²) < 4.78 is 0. The molecule has 6 heteroatoms. The predicted molar refractivity (Wildman–Crippen MR) is 121 cm³/mol. The number of hydrogen-bond acceptors (Lipinski definition) is 4. The molecule has 0 saturated carbocycles. The molecule has 0 aromatic heterocycles. The van der Waals surface area contributed by atoms with E-state index in [1.165, 1.54) is 0 Å². The number of anilines is 2. The first-order valence-electron chi connectivity index (χ1n) is 10.8. The van der Waals surface area contributed by atoms with Crippen molar-refractivity contribution in [1.29, 1.82) is 0 Å². The van der Waals surface area contributed by atoms with E-state index in [0.29, 0.717) is 13.1 Å². The topological polar surface area (TPSA) is 64.7 Å². The molecule has 2 amide bonds. The number of rotatable bonds is 8. The molecule has 162 valence electrons. The maximum absolute atomic E-state index is 12.6. The molecule has 0 saturated heterocycles. The Morgan fingerprint density at radius 3 is 1.55 bits per heavy atom. The Labute approximate surface area is 176 Å². The second-order valence-corrected chi connectivity index (χ2v) is 9.26. The SMILES string of the molecule is CCC(C)(C)NC(=O)CN1CCCN(CC(=O)NC(C)(C)CC)c2ccccc21. The fourth-order valence-corrected chi connectivity index (χ4v) is 3.38. The molecule has 0 unspecified atom stereocenters. The Morgan fingerprint density at radius 2 is 1.21 bits per heavy atom. The van der Waals surface area contributed by atoms with Gasteiger partial charge in [0, 0.05) is 24.2 Å². The fraction of sp³-hybridized carbons (Fsp3) is 0.652. The van der Waals surface area contributed by atoms with Crippen LogP contribution >= 0.6 is 0 Å². The number of carbonyl (C=O) groups excluding carboxylic acids is 2. The van der Waals surface area contributed by atoms with E-state index in [4.69, 9.17) is 0 Å². The monoisotopic (exact) mass is 402 g/mol. The van der Waals surface area contributed by atoms with Gasteiger partial charge < -0.3 is 20.4 Å². The van der Waals surface area contributed by atoms with Gasteiger partial charge in [-0.3, -0.25) is 9.59 Å². The summed E-state index contributed by atoms with van der Waals surface area (Å²) in [5.74, 6) is 0.0603. The first-order chi connectivity index (χ1) is 13.6. The summed E-state index contributed by atoms with van der Waals surface area (Å²) in [6.45, 7) is 14.5. The lowest BCUT2D eigenvalue weighted by atomic mass is 10.0. The maximum atomic E-state index is 12.6. The van der Waals surface area contributed by atoms with Gasteiger partial charge in [-0.15, -0.1) is 0 Å². The molecule has 0 bridgehead atoms. The number of fused-ring (bicyclic) bond motifs is 1. The average Bonchev–Trinajstić information content (AvgIpc) is 2.81.